The summed E-state index contributed by atoms with van der Waals surface area (Å²) in [4.78, 5) is 4.31. The van der Waals surface area contributed by atoms with E-state index in [-0.39, 0.29) is 5.75 Å². The number of rotatable bonds is 4. The zero-order valence-electron chi connectivity index (χ0n) is 11.1. The molecule has 0 saturated heterocycles. The fourth-order valence-electron chi connectivity index (χ4n) is 1.66. The number of methoxy groups -OCH3 is 2. The average Bonchev–Trinajstić information content (AvgIpc) is 2.48. The van der Waals surface area contributed by atoms with Crippen molar-refractivity contribution in [2.45, 2.75) is 0 Å². The van der Waals surface area contributed by atoms with Crippen LogP contribution in [0.3, 0.4) is 0 Å². The highest BCUT2D eigenvalue weighted by atomic mass is 79.9. The second kappa shape index (κ2) is 6.43. The topological polar surface area (TPSA) is 51.0 Å². The van der Waals surface area contributed by atoms with E-state index < -0.39 is 0 Å². The molecule has 0 spiro atoms. The minimum atomic E-state index is 0.0629. The highest BCUT2D eigenvalue weighted by Crippen LogP contribution is 2.32. The lowest BCUT2D eigenvalue weighted by Gasteiger charge is -2.06. The third-order valence-electron chi connectivity index (χ3n) is 2.71. The number of hydrogen-bond donors (Lipinski definition) is 1. The third kappa shape index (κ3) is 3.30. The average molecular weight is 336 g/mol. The van der Waals surface area contributed by atoms with Crippen LogP contribution >= 0.6 is 15.9 Å². The molecule has 0 aliphatic rings. The summed E-state index contributed by atoms with van der Waals surface area (Å²) < 4.78 is 11.0. The van der Waals surface area contributed by atoms with Crippen molar-refractivity contribution < 1.29 is 14.6 Å². The van der Waals surface area contributed by atoms with Gasteiger partial charge in [0.15, 0.2) is 11.5 Å². The van der Waals surface area contributed by atoms with Crippen LogP contribution in [0, 0.1) is 0 Å². The standard InChI is InChI=1S/C15H14BrNO3/c1-19-13-5-3-12(4-6-13)17-9-10-7-11(16)8-14(20-2)15(10)18/h3-9,18H,1-2H3/b17-9-. The Morgan fingerprint density at radius 1 is 1.10 bits per heavy atom. The molecule has 0 aliphatic carbocycles. The molecule has 4 nitrogen and oxygen atoms in total. The number of phenolic OH excluding ortho intramolecular Hbond substituents is 1. The molecule has 0 atom stereocenters. The first-order valence-electron chi connectivity index (χ1n) is 5.88. The molecule has 0 bridgehead atoms. The van der Waals surface area contributed by atoms with Gasteiger partial charge in [0.2, 0.25) is 0 Å². The Balaban J connectivity index is 2.28. The van der Waals surface area contributed by atoms with Crippen molar-refractivity contribution >= 4 is 27.8 Å². The molecular formula is C15H14BrNO3. The van der Waals surface area contributed by atoms with Crippen molar-refractivity contribution in [1.29, 1.82) is 0 Å². The molecule has 5 heteroatoms. The van der Waals surface area contributed by atoms with Crippen molar-refractivity contribution in [2.75, 3.05) is 14.2 Å². The van der Waals surface area contributed by atoms with Gasteiger partial charge in [-0.15, -0.1) is 0 Å². The van der Waals surface area contributed by atoms with Crippen LogP contribution in [0.15, 0.2) is 45.9 Å². The Morgan fingerprint density at radius 2 is 1.80 bits per heavy atom. The molecule has 2 aromatic carbocycles. The van der Waals surface area contributed by atoms with E-state index in [1.54, 1.807) is 25.5 Å². The van der Waals surface area contributed by atoms with Gasteiger partial charge in [0.05, 0.1) is 19.9 Å². The Bertz CT molecular complexity index is 624. The number of phenols is 1. The maximum Gasteiger partial charge on any atom is 0.166 e. The summed E-state index contributed by atoms with van der Waals surface area (Å²) in [5, 5.41) is 10.0. The van der Waals surface area contributed by atoms with Crippen LogP contribution in [0.4, 0.5) is 5.69 Å². The fraction of sp³-hybridized carbons (Fsp3) is 0.133. The molecule has 20 heavy (non-hydrogen) atoms. The van der Waals surface area contributed by atoms with Crippen LogP contribution in [0.25, 0.3) is 0 Å². The second-order valence-corrected chi connectivity index (χ2v) is 4.92. The van der Waals surface area contributed by atoms with Crippen LogP contribution in [-0.2, 0) is 0 Å². The Morgan fingerprint density at radius 3 is 2.40 bits per heavy atom. The van der Waals surface area contributed by atoms with E-state index >= 15 is 0 Å². The van der Waals surface area contributed by atoms with Gasteiger partial charge < -0.3 is 14.6 Å². The van der Waals surface area contributed by atoms with Gasteiger partial charge in [-0.1, -0.05) is 15.9 Å². The first-order valence-corrected chi connectivity index (χ1v) is 6.68. The second-order valence-electron chi connectivity index (χ2n) is 4.00. The van der Waals surface area contributed by atoms with Crippen molar-refractivity contribution in [3.63, 3.8) is 0 Å². The monoisotopic (exact) mass is 335 g/mol. The predicted molar refractivity (Wildman–Crippen MR) is 82.6 cm³/mol. The number of hydrogen-bond acceptors (Lipinski definition) is 4. The van der Waals surface area contributed by atoms with E-state index in [1.807, 2.05) is 24.3 Å². The number of halogens is 1. The van der Waals surface area contributed by atoms with E-state index in [9.17, 15) is 5.11 Å². The summed E-state index contributed by atoms with van der Waals surface area (Å²) in [6.45, 7) is 0. The summed E-state index contributed by atoms with van der Waals surface area (Å²) in [6, 6.07) is 10.8. The maximum absolute atomic E-state index is 10.0. The third-order valence-corrected chi connectivity index (χ3v) is 3.17. The Kier molecular flexibility index (Phi) is 4.63. The number of aliphatic imine (C=N–C) groups is 1. The van der Waals surface area contributed by atoms with Crippen LogP contribution in [0.1, 0.15) is 5.56 Å². The molecule has 0 heterocycles. The summed E-state index contributed by atoms with van der Waals surface area (Å²) >= 11 is 3.36. The lowest BCUT2D eigenvalue weighted by molar-refractivity contribution is 0.373. The molecule has 0 fully saturated rings. The quantitative estimate of drug-likeness (QED) is 0.861. The maximum atomic E-state index is 10.0. The number of aromatic hydroxyl groups is 1. The van der Waals surface area contributed by atoms with Gasteiger partial charge in [0.1, 0.15) is 5.75 Å². The van der Waals surface area contributed by atoms with Crippen molar-refractivity contribution in [3.8, 4) is 17.2 Å². The SMILES string of the molecule is COc1ccc(/N=C\c2cc(Br)cc(OC)c2O)cc1. The number of ether oxygens (including phenoxy) is 2. The summed E-state index contributed by atoms with van der Waals surface area (Å²) in [7, 11) is 3.12. The highest BCUT2D eigenvalue weighted by molar-refractivity contribution is 9.10. The van der Waals surface area contributed by atoms with Gasteiger partial charge in [-0.2, -0.15) is 0 Å². The van der Waals surface area contributed by atoms with Crippen LogP contribution in [0.5, 0.6) is 17.2 Å². The van der Waals surface area contributed by atoms with Crippen LogP contribution < -0.4 is 9.47 Å². The molecule has 0 amide bonds. The molecule has 2 rings (SSSR count). The molecule has 0 aliphatic heterocycles. The largest absolute Gasteiger partial charge is 0.504 e. The van der Waals surface area contributed by atoms with Gasteiger partial charge >= 0.3 is 0 Å². The van der Waals surface area contributed by atoms with Gasteiger partial charge in [-0.05, 0) is 36.4 Å². The first-order chi connectivity index (χ1) is 9.63. The Hall–Kier alpha value is -2.01. The normalized spacial score (nSPS) is 10.8. The smallest absolute Gasteiger partial charge is 0.166 e. The van der Waals surface area contributed by atoms with Crippen molar-refractivity contribution in [3.05, 3.63) is 46.4 Å². The Labute approximate surface area is 125 Å². The number of benzene rings is 2. The molecule has 1 N–H and O–H groups in total. The minimum Gasteiger partial charge on any atom is -0.504 e. The highest BCUT2D eigenvalue weighted by Gasteiger charge is 2.07. The van der Waals surface area contributed by atoms with Gasteiger partial charge in [-0.3, -0.25) is 4.99 Å². The van der Waals surface area contributed by atoms with E-state index in [1.165, 1.54) is 7.11 Å². The molecular weight excluding hydrogens is 322 g/mol. The van der Waals surface area contributed by atoms with E-state index in [4.69, 9.17) is 9.47 Å². The van der Waals surface area contributed by atoms with E-state index in [2.05, 4.69) is 20.9 Å². The van der Waals surface area contributed by atoms with Gasteiger partial charge in [-0.25, -0.2) is 0 Å². The van der Waals surface area contributed by atoms with Gasteiger partial charge in [0, 0.05) is 16.3 Å². The summed E-state index contributed by atoms with van der Waals surface area (Å²) in [5.74, 6) is 1.24. The zero-order chi connectivity index (χ0) is 14.5. The number of nitrogens with zero attached hydrogens (tertiary/aromatic N) is 1. The molecule has 0 radical (unpaired) electrons. The van der Waals surface area contributed by atoms with Gasteiger partial charge in [0.25, 0.3) is 0 Å². The lowest BCUT2D eigenvalue weighted by Crippen LogP contribution is -1.89. The van der Waals surface area contributed by atoms with Crippen molar-refractivity contribution in [2.24, 2.45) is 4.99 Å². The zero-order valence-corrected chi connectivity index (χ0v) is 12.7. The summed E-state index contributed by atoms with van der Waals surface area (Å²) in [5.41, 5.74) is 1.34. The van der Waals surface area contributed by atoms with Crippen LogP contribution in [0.2, 0.25) is 0 Å². The van der Waals surface area contributed by atoms with Crippen molar-refractivity contribution in [1.82, 2.24) is 0 Å². The lowest BCUT2D eigenvalue weighted by atomic mass is 10.2. The predicted octanol–water partition coefficient (Wildman–Crippen LogP) is 3.92. The van der Waals surface area contributed by atoms with E-state index in [0.717, 1.165) is 15.9 Å². The molecule has 104 valence electrons. The first kappa shape index (κ1) is 14.4. The molecule has 0 saturated carbocycles. The summed E-state index contributed by atoms with van der Waals surface area (Å²) in [6.07, 6.45) is 1.59. The molecule has 0 unspecified atom stereocenters. The van der Waals surface area contributed by atoms with E-state index in [0.29, 0.717) is 11.3 Å². The minimum absolute atomic E-state index is 0.0629. The molecule has 0 aromatic heterocycles. The van der Waals surface area contributed by atoms with Crippen LogP contribution in [-0.4, -0.2) is 25.5 Å². The molecule has 2 aromatic rings. The fourth-order valence-corrected chi connectivity index (χ4v) is 2.12.